The van der Waals surface area contributed by atoms with E-state index < -0.39 is 0 Å². The minimum absolute atomic E-state index is 0.0604. The largest absolute Gasteiger partial charge is 0.497 e. The highest BCUT2D eigenvalue weighted by molar-refractivity contribution is 5.88. The van der Waals surface area contributed by atoms with E-state index in [4.69, 9.17) is 4.74 Å². The van der Waals surface area contributed by atoms with Crippen molar-refractivity contribution in [1.29, 1.82) is 0 Å². The number of amides is 1. The van der Waals surface area contributed by atoms with Crippen LogP contribution in [0.1, 0.15) is 18.1 Å². The van der Waals surface area contributed by atoms with Crippen molar-refractivity contribution in [3.8, 4) is 5.75 Å². The molecule has 2 aromatic carbocycles. The van der Waals surface area contributed by atoms with E-state index in [0.29, 0.717) is 0 Å². The van der Waals surface area contributed by atoms with Crippen molar-refractivity contribution in [3.05, 3.63) is 53.6 Å². The van der Waals surface area contributed by atoms with Gasteiger partial charge in [0.15, 0.2) is 0 Å². The Hall–Kier alpha value is -2.49. The molecular weight excluding hydrogens is 264 g/mol. The average molecular weight is 284 g/mol. The number of hydrogen-bond acceptors (Lipinski definition) is 3. The number of benzene rings is 2. The minimum Gasteiger partial charge on any atom is -0.497 e. The van der Waals surface area contributed by atoms with Crippen LogP contribution >= 0.6 is 0 Å². The van der Waals surface area contributed by atoms with E-state index in [1.54, 1.807) is 7.11 Å². The maximum absolute atomic E-state index is 11.0. The predicted octanol–water partition coefficient (Wildman–Crippen LogP) is 3.57. The summed E-state index contributed by atoms with van der Waals surface area (Å²) in [6.45, 7) is 4.28. The first-order valence-electron chi connectivity index (χ1n) is 6.83. The Morgan fingerprint density at radius 2 is 1.86 bits per heavy atom. The van der Waals surface area contributed by atoms with Crippen molar-refractivity contribution < 1.29 is 9.53 Å². The van der Waals surface area contributed by atoms with Crippen molar-refractivity contribution in [2.24, 2.45) is 0 Å². The molecule has 0 heterocycles. The summed E-state index contributed by atoms with van der Waals surface area (Å²) < 4.78 is 5.20. The van der Waals surface area contributed by atoms with Crippen LogP contribution in [0, 0.1) is 6.92 Å². The molecule has 0 aliphatic carbocycles. The Bertz CT molecular complexity index is 621. The molecule has 0 unspecified atom stereocenters. The lowest BCUT2D eigenvalue weighted by molar-refractivity contribution is -0.114. The zero-order chi connectivity index (χ0) is 15.2. The van der Waals surface area contributed by atoms with E-state index in [1.807, 2.05) is 49.4 Å². The highest BCUT2D eigenvalue weighted by atomic mass is 16.5. The highest BCUT2D eigenvalue weighted by Gasteiger charge is 2.01. The summed E-state index contributed by atoms with van der Waals surface area (Å²) in [6.07, 6.45) is 0. The number of rotatable bonds is 5. The molecule has 110 valence electrons. The quantitative estimate of drug-likeness (QED) is 0.882. The van der Waals surface area contributed by atoms with Gasteiger partial charge < -0.3 is 15.4 Å². The Balaban J connectivity index is 1.98. The fourth-order valence-corrected chi connectivity index (χ4v) is 2.07. The van der Waals surface area contributed by atoms with Crippen molar-refractivity contribution in [2.75, 3.05) is 17.7 Å². The number of carbonyl (C=O) groups excluding carboxylic acids is 1. The molecule has 0 atom stereocenters. The standard InChI is InChI=1S/C17H20N2O2/c1-12-10-16(21-3)8-9-17(12)18-11-14-4-6-15(7-5-14)19-13(2)20/h4-10,18H,11H2,1-3H3,(H,19,20). The van der Waals surface area contributed by atoms with Crippen molar-refractivity contribution in [3.63, 3.8) is 0 Å². The summed E-state index contributed by atoms with van der Waals surface area (Å²) in [6, 6.07) is 13.8. The van der Waals surface area contributed by atoms with Gasteiger partial charge in [-0.3, -0.25) is 4.79 Å². The van der Waals surface area contributed by atoms with Gasteiger partial charge in [0.1, 0.15) is 5.75 Å². The topological polar surface area (TPSA) is 50.4 Å². The maximum atomic E-state index is 11.0. The molecule has 0 aromatic heterocycles. The lowest BCUT2D eigenvalue weighted by Crippen LogP contribution is -2.06. The van der Waals surface area contributed by atoms with Gasteiger partial charge in [0, 0.05) is 24.8 Å². The van der Waals surface area contributed by atoms with Gasteiger partial charge in [-0.05, 0) is 48.4 Å². The van der Waals surface area contributed by atoms with Crippen LogP contribution in [0.4, 0.5) is 11.4 Å². The SMILES string of the molecule is COc1ccc(NCc2ccc(NC(C)=O)cc2)c(C)c1. The molecule has 4 heteroatoms. The monoisotopic (exact) mass is 284 g/mol. The molecule has 4 nitrogen and oxygen atoms in total. The molecule has 2 rings (SSSR count). The Morgan fingerprint density at radius 3 is 2.43 bits per heavy atom. The van der Waals surface area contributed by atoms with Crippen LogP contribution in [-0.4, -0.2) is 13.0 Å². The summed E-state index contributed by atoms with van der Waals surface area (Å²) in [4.78, 5) is 11.0. The molecule has 2 N–H and O–H groups in total. The number of anilines is 2. The first-order valence-corrected chi connectivity index (χ1v) is 6.83. The average Bonchev–Trinajstić information content (AvgIpc) is 2.47. The van der Waals surface area contributed by atoms with Crippen molar-refractivity contribution in [2.45, 2.75) is 20.4 Å². The number of aryl methyl sites for hydroxylation is 1. The van der Waals surface area contributed by atoms with Crippen molar-refractivity contribution >= 4 is 17.3 Å². The second-order valence-corrected chi connectivity index (χ2v) is 4.91. The van der Waals surface area contributed by atoms with E-state index in [1.165, 1.54) is 6.92 Å². The predicted molar refractivity (Wildman–Crippen MR) is 85.8 cm³/mol. The smallest absolute Gasteiger partial charge is 0.221 e. The maximum Gasteiger partial charge on any atom is 0.221 e. The van der Waals surface area contributed by atoms with Crippen LogP contribution < -0.4 is 15.4 Å². The third-order valence-electron chi connectivity index (χ3n) is 3.19. The molecule has 0 saturated heterocycles. The van der Waals surface area contributed by atoms with Crippen molar-refractivity contribution in [1.82, 2.24) is 0 Å². The van der Waals surface area contributed by atoms with Gasteiger partial charge in [-0.2, -0.15) is 0 Å². The number of hydrogen-bond donors (Lipinski definition) is 2. The van der Waals surface area contributed by atoms with E-state index >= 15 is 0 Å². The molecule has 0 fully saturated rings. The number of methoxy groups -OCH3 is 1. The van der Waals surface area contributed by atoms with Crippen LogP contribution in [0.2, 0.25) is 0 Å². The zero-order valence-corrected chi connectivity index (χ0v) is 12.6. The summed E-state index contributed by atoms with van der Waals surface area (Å²) in [7, 11) is 1.67. The molecule has 21 heavy (non-hydrogen) atoms. The van der Waals surface area contributed by atoms with E-state index in [9.17, 15) is 4.79 Å². The summed E-state index contributed by atoms with van der Waals surface area (Å²) in [5.41, 5.74) is 4.19. The fraction of sp³-hybridized carbons (Fsp3) is 0.235. The first-order chi connectivity index (χ1) is 10.1. The molecule has 2 aromatic rings. The molecule has 0 aliphatic rings. The lowest BCUT2D eigenvalue weighted by Gasteiger charge is -2.11. The second kappa shape index (κ2) is 6.79. The van der Waals surface area contributed by atoms with Gasteiger partial charge in [-0.25, -0.2) is 0 Å². The number of carbonyl (C=O) groups is 1. The third-order valence-corrected chi connectivity index (χ3v) is 3.19. The fourth-order valence-electron chi connectivity index (χ4n) is 2.07. The van der Waals surface area contributed by atoms with Crippen LogP contribution in [0.5, 0.6) is 5.75 Å². The van der Waals surface area contributed by atoms with Crippen LogP contribution in [0.3, 0.4) is 0 Å². The van der Waals surface area contributed by atoms with Crippen LogP contribution in [-0.2, 0) is 11.3 Å². The normalized spacial score (nSPS) is 10.0. The first kappa shape index (κ1) is 14.9. The Labute approximate surface area is 125 Å². The van der Waals surface area contributed by atoms with Crippen LogP contribution in [0.15, 0.2) is 42.5 Å². The molecule has 0 radical (unpaired) electrons. The van der Waals surface area contributed by atoms with E-state index in [2.05, 4.69) is 10.6 Å². The summed E-state index contributed by atoms with van der Waals surface area (Å²) in [5.74, 6) is 0.799. The van der Waals surface area contributed by atoms with Gasteiger partial charge in [-0.15, -0.1) is 0 Å². The lowest BCUT2D eigenvalue weighted by atomic mass is 10.1. The van der Waals surface area contributed by atoms with E-state index in [-0.39, 0.29) is 5.91 Å². The molecule has 1 amide bonds. The van der Waals surface area contributed by atoms with Gasteiger partial charge in [0.2, 0.25) is 5.91 Å². The summed E-state index contributed by atoms with van der Waals surface area (Å²) in [5, 5.41) is 6.15. The number of nitrogens with one attached hydrogen (secondary N) is 2. The molecule has 0 aliphatic heterocycles. The van der Waals surface area contributed by atoms with Gasteiger partial charge in [0.25, 0.3) is 0 Å². The Kier molecular flexibility index (Phi) is 4.82. The Morgan fingerprint density at radius 1 is 1.14 bits per heavy atom. The van der Waals surface area contributed by atoms with Gasteiger partial charge in [0.05, 0.1) is 7.11 Å². The van der Waals surface area contributed by atoms with E-state index in [0.717, 1.165) is 34.8 Å². The van der Waals surface area contributed by atoms with Crippen LogP contribution in [0.25, 0.3) is 0 Å². The van der Waals surface area contributed by atoms with Gasteiger partial charge in [-0.1, -0.05) is 12.1 Å². The minimum atomic E-state index is -0.0604. The molecular formula is C17H20N2O2. The summed E-state index contributed by atoms with van der Waals surface area (Å²) >= 11 is 0. The molecule has 0 bridgehead atoms. The third kappa shape index (κ3) is 4.24. The van der Waals surface area contributed by atoms with Gasteiger partial charge >= 0.3 is 0 Å². The highest BCUT2D eigenvalue weighted by Crippen LogP contribution is 2.21. The molecule has 0 saturated carbocycles. The zero-order valence-electron chi connectivity index (χ0n) is 12.6. The number of ether oxygens (including phenoxy) is 1. The molecule has 0 spiro atoms. The second-order valence-electron chi connectivity index (χ2n) is 4.91.